The average Bonchev–Trinajstić information content (AvgIpc) is 2.31. The standard InChI is InChI=1S/C12H16O6/c1-4-9(7-17-12(16)8(2)3)18-11(15)6-5-10(13)14/h5-6,9H,2,4,7H2,1,3H3,(H,13,14). The summed E-state index contributed by atoms with van der Waals surface area (Å²) in [5.41, 5.74) is 0.252. The highest BCUT2D eigenvalue weighted by Gasteiger charge is 2.14. The smallest absolute Gasteiger partial charge is 0.333 e. The Morgan fingerprint density at radius 3 is 2.39 bits per heavy atom. The first-order chi connectivity index (χ1) is 8.36. The Balaban J connectivity index is 4.19. The lowest BCUT2D eigenvalue weighted by Gasteiger charge is -2.15. The highest BCUT2D eigenvalue weighted by molar-refractivity contribution is 5.90. The zero-order chi connectivity index (χ0) is 14.1. The summed E-state index contributed by atoms with van der Waals surface area (Å²) in [6, 6.07) is 0. The fourth-order valence-corrected chi connectivity index (χ4v) is 0.870. The SMILES string of the molecule is C=C(C)C(=O)OCC(CC)OC(=O)C=CC(=O)O. The predicted molar refractivity (Wildman–Crippen MR) is 62.7 cm³/mol. The Hall–Kier alpha value is -2.11. The van der Waals surface area contributed by atoms with E-state index in [1.165, 1.54) is 6.92 Å². The Morgan fingerprint density at radius 2 is 1.94 bits per heavy atom. The van der Waals surface area contributed by atoms with E-state index in [1.54, 1.807) is 6.92 Å². The van der Waals surface area contributed by atoms with Gasteiger partial charge in [0, 0.05) is 17.7 Å². The first-order valence-electron chi connectivity index (χ1n) is 5.31. The van der Waals surface area contributed by atoms with E-state index in [0.717, 1.165) is 6.08 Å². The van der Waals surface area contributed by atoms with Crippen LogP contribution in [-0.4, -0.2) is 35.7 Å². The lowest BCUT2D eigenvalue weighted by Crippen LogP contribution is -2.24. The van der Waals surface area contributed by atoms with Crippen LogP contribution in [0.5, 0.6) is 0 Å². The van der Waals surface area contributed by atoms with E-state index >= 15 is 0 Å². The van der Waals surface area contributed by atoms with Gasteiger partial charge in [-0.3, -0.25) is 0 Å². The molecule has 0 aromatic rings. The second-order valence-corrected chi connectivity index (χ2v) is 3.52. The van der Waals surface area contributed by atoms with Gasteiger partial charge in [0.1, 0.15) is 12.7 Å². The van der Waals surface area contributed by atoms with E-state index in [2.05, 4.69) is 6.58 Å². The van der Waals surface area contributed by atoms with Gasteiger partial charge in [-0.25, -0.2) is 14.4 Å². The molecule has 0 fully saturated rings. The minimum atomic E-state index is -1.24. The van der Waals surface area contributed by atoms with Crippen LogP contribution in [0.2, 0.25) is 0 Å². The average molecular weight is 256 g/mol. The zero-order valence-electron chi connectivity index (χ0n) is 10.3. The maximum atomic E-state index is 11.2. The van der Waals surface area contributed by atoms with Crippen molar-refractivity contribution in [3.63, 3.8) is 0 Å². The van der Waals surface area contributed by atoms with Crippen LogP contribution in [0.15, 0.2) is 24.3 Å². The van der Waals surface area contributed by atoms with Gasteiger partial charge in [-0.15, -0.1) is 0 Å². The molecule has 18 heavy (non-hydrogen) atoms. The van der Waals surface area contributed by atoms with Gasteiger partial charge >= 0.3 is 17.9 Å². The van der Waals surface area contributed by atoms with Crippen molar-refractivity contribution in [3.05, 3.63) is 24.3 Å². The van der Waals surface area contributed by atoms with Crippen molar-refractivity contribution < 1.29 is 29.0 Å². The van der Waals surface area contributed by atoms with Crippen LogP contribution >= 0.6 is 0 Å². The summed E-state index contributed by atoms with van der Waals surface area (Å²) < 4.78 is 9.71. The monoisotopic (exact) mass is 256 g/mol. The van der Waals surface area contributed by atoms with Crippen LogP contribution in [0.1, 0.15) is 20.3 Å². The van der Waals surface area contributed by atoms with Crippen LogP contribution in [0, 0.1) is 0 Å². The second-order valence-electron chi connectivity index (χ2n) is 3.52. The van der Waals surface area contributed by atoms with E-state index in [-0.39, 0.29) is 12.2 Å². The largest absolute Gasteiger partial charge is 0.478 e. The van der Waals surface area contributed by atoms with Crippen molar-refractivity contribution in [2.24, 2.45) is 0 Å². The number of ether oxygens (including phenoxy) is 2. The maximum Gasteiger partial charge on any atom is 0.333 e. The van der Waals surface area contributed by atoms with Crippen molar-refractivity contribution >= 4 is 17.9 Å². The van der Waals surface area contributed by atoms with Crippen molar-refractivity contribution in [1.82, 2.24) is 0 Å². The van der Waals surface area contributed by atoms with Crippen LogP contribution in [0.25, 0.3) is 0 Å². The molecule has 0 rings (SSSR count). The fraction of sp³-hybridized carbons (Fsp3) is 0.417. The van der Waals surface area contributed by atoms with Gasteiger partial charge in [-0.1, -0.05) is 13.5 Å². The summed E-state index contributed by atoms with van der Waals surface area (Å²) in [6.07, 6.45) is 1.30. The van der Waals surface area contributed by atoms with Crippen molar-refractivity contribution in [2.75, 3.05) is 6.61 Å². The molecule has 0 aromatic carbocycles. The van der Waals surface area contributed by atoms with Crippen molar-refractivity contribution in [3.8, 4) is 0 Å². The molecule has 0 spiro atoms. The predicted octanol–water partition coefficient (Wildman–Crippen LogP) is 1.07. The summed E-state index contributed by atoms with van der Waals surface area (Å²) in [7, 11) is 0. The van der Waals surface area contributed by atoms with Gasteiger partial charge in [-0.05, 0) is 13.3 Å². The zero-order valence-corrected chi connectivity index (χ0v) is 10.3. The summed E-state index contributed by atoms with van der Waals surface area (Å²) in [5, 5.41) is 8.32. The molecule has 1 atom stereocenters. The normalized spacial score (nSPS) is 11.9. The first kappa shape index (κ1) is 15.9. The van der Waals surface area contributed by atoms with Gasteiger partial charge in [0.15, 0.2) is 0 Å². The van der Waals surface area contributed by atoms with Crippen LogP contribution in [-0.2, 0) is 23.9 Å². The van der Waals surface area contributed by atoms with Gasteiger partial charge in [-0.2, -0.15) is 0 Å². The summed E-state index contributed by atoms with van der Waals surface area (Å²) in [6.45, 7) is 6.57. The Bertz CT molecular complexity index is 369. The van der Waals surface area contributed by atoms with Crippen molar-refractivity contribution in [2.45, 2.75) is 26.4 Å². The molecule has 6 nitrogen and oxygen atoms in total. The Kier molecular flexibility index (Phi) is 7.11. The maximum absolute atomic E-state index is 11.2. The minimum Gasteiger partial charge on any atom is -0.478 e. The van der Waals surface area contributed by atoms with E-state index in [0.29, 0.717) is 12.5 Å². The quantitative estimate of drug-likeness (QED) is 0.541. The molecule has 0 saturated carbocycles. The molecule has 0 bridgehead atoms. The van der Waals surface area contributed by atoms with Gasteiger partial charge in [0.05, 0.1) is 0 Å². The minimum absolute atomic E-state index is 0.0884. The lowest BCUT2D eigenvalue weighted by molar-refractivity contribution is -0.153. The van der Waals surface area contributed by atoms with Crippen LogP contribution in [0.3, 0.4) is 0 Å². The number of rotatable bonds is 7. The van der Waals surface area contributed by atoms with Gasteiger partial charge < -0.3 is 14.6 Å². The number of carboxylic acids is 1. The first-order valence-corrected chi connectivity index (χ1v) is 5.31. The number of esters is 2. The number of hydrogen-bond acceptors (Lipinski definition) is 5. The molecule has 1 unspecified atom stereocenters. The Labute approximate surface area is 105 Å². The highest BCUT2D eigenvalue weighted by Crippen LogP contribution is 2.02. The Morgan fingerprint density at radius 1 is 1.33 bits per heavy atom. The van der Waals surface area contributed by atoms with Gasteiger partial charge in [0.2, 0.25) is 0 Å². The van der Waals surface area contributed by atoms with Crippen LogP contribution < -0.4 is 0 Å². The van der Waals surface area contributed by atoms with E-state index in [4.69, 9.17) is 14.6 Å². The molecular weight excluding hydrogens is 240 g/mol. The third kappa shape index (κ3) is 7.21. The third-order valence-electron chi connectivity index (χ3n) is 1.85. The molecule has 0 aliphatic carbocycles. The molecule has 1 N–H and O–H groups in total. The number of aliphatic carboxylic acids is 1. The lowest BCUT2D eigenvalue weighted by atomic mass is 10.3. The molecule has 0 aliphatic heterocycles. The van der Waals surface area contributed by atoms with E-state index < -0.39 is 24.0 Å². The molecule has 0 aliphatic rings. The molecule has 0 radical (unpaired) electrons. The molecule has 0 aromatic heterocycles. The number of hydrogen-bond donors (Lipinski definition) is 1. The number of carbonyl (C=O) groups excluding carboxylic acids is 2. The van der Waals surface area contributed by atoms with Crippen LogP contribution in [0.4, 0.5) is 0 Å². The fourth-order valence-electron chi connectivity index (χ4n) is 0.870. The number of carboxylic acid groups (broad SMARTS) is 1. The second kappa shape index (κ2) is 8.05. The van der Waals surface area contributed by atoms with E-state index in [9.17, 15) is 14.4 Å². The molecule has 100 valence electrons. The third-order valence-corrected chi connectivity index (χ3v) is 1.85. The molecule has 0 heterocycles. The molecule has 0 saturated heterocycles. The van der Waals surface area contributed by atoms with E-state index in [1.807, 2.05) is 0 Å². The summed E-state index contributed by atoms with van der Waals surface area (Å²) >= 11 is 0. The summed E-state index contributed by atoms with van der Waals surface area (Å²) in [5.74, 6) is -2.60. The molecular formula is C12H16O6. The van der Waals surface area contributed by atoms with Gasteiger partial charge in [0.25, 0.3) is 0 Å². The highest BCUT2D eigenvalue weighted by atomic mass is 16.6. The number of carbonyl (C=O) groups is 3. The molecule has 0 amide bonds. The topological polar surface area (TPSA) is 89.9 Å². The summed E-state index contributed by atoms with van der Waals surface area (Å²) in [4.78, 5) is 32.5. The molecule has 6 heteroatoms. The van der Waals surface area contributed by atoms with Crippen molar-refractivity contribution in [1.29, 1.82) is 0 Å².